The van der Waals surface area contributed by atoms with Gasteiger partial charge in [0.15, 0.2) is 0 Å². The van der Waals surface area contributed by atoms with E-state index in [2.05, 4.69) is 15.0 Å². The van der Waals surface area contributed by atoms with Crippen LogP contribution in [-0.4, -0.2) is 23.4 Å². The second-order valence-electron chi connectivity index (χ2n) is 4.05. The van der Waals surface area contributed by atoms with E-state index in [-0.39, 0.29) is 10.9 Å². The smallest absolute Gasteiger partial charge is 0.245 e. The van der Waals surface area contributed by atoms with Crippen molar-refractivity contribution in [1.29, 1.82) is 0 Å². The van der Waals surface area contributed by atoms with Crippen LogP contribution in [0.25, 0.3) is 0 Å². The third-order valence-electron chi connectivity index (χ3n) is 2.42. The summed E-state index contributed by atoms with van der Waals surface area (Å²) in [6.45, 7) is 5.60. The van der Waals surface area contributed by atoms with Crippen molar-refractivity contribution in [3.63, 3.8) is 0 Å². The van der Waals surface area contributed by atoms with Gasteiger partial charge in [-0.05, 0) is 26.3 Å². The van der Waals surface area contributed by atoms with Gasteiger partial charge in [0.25, 0.3) is 0 Å². The first kappa shape index (κ1) is 13.1. The Hall–Kier alpha value is -1.34. The van der Waals surface area contributed by atoms with Gasteiger partial charge < -0.3 is 0 Å². The number of thiazole rings is 1. The number of aromatic nitrogens is 3. The molecule has 5 nitrogen and oxygen atoms in total. The standard InChI is InChI=1S/C11H13N3O2S2/c1-7-4-12-11(13-5-7)18(15,16)6-10-14-8(2)9(3)17-10/h4-5H,6H2,1-3H3. The molecule has 0 N–H and O–H groups in total. The number of sulfone groups is 1. The largest absolute Gasteiger partial charge is 0.247 e. The van der Waals surface area contributed by atoms with Gasteiger partial charge in [0.05, 0.1) is 5.69 Å². The zero-order valence-corrected chi connectivity index (χ0v) is 12.0. The Balaban J connectivity index is 2.29. The Bertz CT molecular complexity index is 641. The van der Waals surface area contributed by atoms with Gasteiger partial charge in [-0.3, -0.25) is 0 Å². The quantitative estimate of drug-likeness (QED) is 0.804. The highest BCUT2D eigenvalue weighted by atomic mass is 32.2. The number of aryl methyl sites for hydroxylation is 3. The minimum absolute atomic E-state index is 0.140. The van der Waals surface area contributed by atoms with Crippen molar-refractivity contribution in [3.8, 4) is 0 Å². The SMILES string of the molecule is Cc1cnc(S(=O)(=O)Cc2nc(C)c(C)s2)nc1. The van der Waals surface area contributed by atoms with Crippen LogP contribution in [0.5, 0.6) is 0 Å². The molecular weight excluding hydrogens is 270 g/mol. The van der Waals surface area contributed by atoms with Gasteiger partial charge >= 0.3 is 0 Å². The Morgan fingerprint density at radius 1 is 1.17 bits per heavy atom. The van der Waals surface area contributed by atoms with Crippen molar-refractivity contribution in [3.05, 3.63) is 33.5 Å². The fourth-order valence-corrected chi connectivity index (χ4v) is 3.75. The monoisotopic (exact) mass is 283 g/mol. The van der Waals surface area contributed by atoms with Crippen LogP contribution in [0.3, 0.4) is 0 Å². The number of nitrogens with zero attached hydrogens (tertiary/aromatic N) is 3. The first-order valence-electron chi connectivity index (χ1n) is 5.33. The minimum atomic E-state index is -3.51. The minimum Gasteiger partial charge on any atom is -0.245 e. The van der Waals surface area contributed by atoms with Gasteiger partial charge in [-0.1, -0.05) is 0 Å². The van der Waals surface area contributed by atoms with E-state index in [1.54, 1.807) is 0 Å². The molecule has 0 spiro atoms. The lowest BCUT2D eigenvalue weighted by Crippen LogP contribution is -2.09. The Labute approximate surface area is 110 Å². The summed E-state index contributed by atoms with van der Waals surface area (Å²) in [6, 6.07) is 0. The van der Waals surface area contributed by atoms with E-state index in [9.17, 15) is 8.42 Å². The predicted molar refractivity (Wildman–Crippen MR) is 69.2 cm³/mol. The zero-order chi connectivity index (χ0) is 13.3. The molecule has 2 heterocycles. The maximum atomic E-state index is 12.1. The molecule has 0 saturated carbocycles. The third kappa shape index (κ3) is 2.73. The maximum absolute atomic E-state index is 12.1. The van der Waals surface area contributed by atoms with Crippen LogP contribution in [0.4, 0.5) is 0 Å². The first-order chi connectivity index (χ1) is 8.38. The summed E-state index contributed by atoms with van der Waals surface area (Å²) in [5.74, 6) is -0.143. The summed E-state index contributed by atoms with van der Waals surface area (Å²) < 4.78 is 24.2. The van der Waals surface area contributed by atoms with E-state index >= 15 is 0 Å². The molecule has 18 heavy (non-hydrogen) atoms. The summed E-state index contributed by atoms with van der Waals surface area (Å²) in [5, 5.41) is 0.438. The number of rotatable bonds is 3. The zero-order valence-electron chi connectivity index (χ0n) is 10.3. The molecule has 0 aliphatic carbocycles. The van der Waals surface area contributed by atoms with Gasteiger partial charge in [0, 0.05) is 17.3 Å². The van der Waals surface area contributed by atoms with Crippen LogP contribution >= 0.6 is 11.3 Å². The van der Waals surface area contributed by atoms with Gasteiger partial charge in [-0.2, -0.15) is 0 Å². The van der Waals surface area contributed by atoms with Crippen molar-refractivity contribution in [2.24, 2.45) is 0 Å². The third-order valence-corrected chi connectivity index (χ3v) is 5.10. The normalized spacial score (nSPS) is 11.7. The molecule has 0 radical (unpaired) electrons. The van der Waals surface area contributed by atoms with Gasteiger partial charge in [-0.25, -0.2) is 23.4 Å². The molecule has 2 aromatic heterocycles. The molecule has 0 saturated heterocycles. The average molecular weight is 283 g/mol. The Morgan fingerprint density at radius 2 is 1.78 bits per heavy atom. The van der Waals surface area contributed by atoms with Crippen LogP contribution in [0, 0.1) is 20.8 Å². The first-order valence-corrected chi connectivity index (χ1v) is 7.79. The van der Waals surface area contributed by atoms with Crippen LogP contribution < -0.4 is 0 Å². The van der Waals surface area contributed by atoms with Crippen LogP contribution in [0.1, 0.15) is 21.1 Å². The molecular formula is C11H13N3O2S2. The molecule has 0 aliphatic rings. The van der Waals surface area contributed by atoms with E-state index in [4.69, 9.17) is 0 Å². The molecule has 0 unspecified atom stereocenters. The Morgan fingerprint density at radius 3 is 2.28 bits per heavy atom. The molecule has 0 atom stereocenters. The van der Waals surface area contributed by atoms with Gasteiger partial charge in [0.1, 0.15) is 10.8 Å². The predicted octanol–water partition coefficient (Wildman–Crippen LogP) is 1.83. The molecule has 0 aliphatic heterocycles. The molecule has 96 valence electrons. The van der Waals surface area contributed by atoms with E-state index in [1.807, 2.05) is 20.8 Å². The molecule has 0 aromatic carbocycles. The van der Waals surface area contributed by atoms with Gasteiger partial charge in [0.2, 0.25) is 15.0 Å². The van der Waals surface area contributed by atoms with Crippen LogP contribution in [0.15, 0.2) is 17.6 Å². The Kier molecular flexibility index (Phi) is 3.45. The van der Waals surface area contributed by atoms with Crippen molar-refractivity contribution in [1.82, 2.24) is 15.0 Å². The second kappa shape index (κ2) is 4.74. The van der Waals surface area contributed by atoms with Crippen LogP contribution in [-0.2, 0) is 15.6 Å². The molecule has 0 fully saturated rings. The summed E-state index contributed by atoms with van der Waals surface area (Å²) in [7, 11) is -3.51. The molecule has 2 rings (SSSR count). The number of hydrogen-bond donors (Lipinski definition) is 0. The van der Waals surface area contributed by atoms with Crippen molar-refractivity contribution in [2.75, 3.05) is 0 Å². The molecule has 0 bridgehead atoms. The van der Waals surface area contributed by atoms with Crippen molar-refractivity contribution < 1.29 is 8.42 Å². The van der Waals surface area contributed by atoms with E-state index in [1.165, 1.54) is 23.7 Å². The lowest BCUT2D eigenvalue weighted by atomic mass is 10.4. The topological polar surface area (TPSA) is 72.8 Å². The molecule has 0 amide bonds. The molecule has 7 heteroatoms. The summed E-state index contributed by atoms with van der Waals surface area (Å²) >= 11 is 1.39. The van der Waals surface area contributed by atoms with E-state index in [0.29, 0.717) is 5.01 Å². The van der Waals surface area contributed by atoms with E-state index < -0.39 is 9.84 Å². The number of hydrogen-bond acceptors (Lipinski definition) is 6. The average Bonchev–Trinajstić information content (AvgIpc) is 2.57. The van der Waals surface area contributed by atoms with Crippen molar-refractivity contribution in [2.45, 2.75) is 31.7 Å². The van der Waals surface area contributed by atoms with E-state index in [0.717, 1.165) is 16.1 Å². The summed E-state index contributed by atoms with van der Waals surface area (Å²) in [6.07, 6.45) is 3.00. The summed E-state index contributed by atoms with van der Waals surface area (Å²) in [5.41, 5.74) is 1.70. The lowest BCUT2D eigenvalue weighted by molar-refractivity contribution is 0.585. The lowest BCUT2D eigenvalue weighted by Gasteiger charge is -2.00. The highest BCUT2D eigenvalue weighted by molar-refractivity contribution is 7.90. The highest BCUT2D eigenvalue weighted by Gasteiger charge is 2.20. The summed E-state index contributed by atoms with van der Waals surface area (Å²) in [4.78, 5) is 13.0. The van der Waals surface area contributed by atoms with Crippen LogP contribution in [0.2, 0.25) is 0 Å². The van der Waals surface area contributed by atoms with Crippen molar-refractivity contribution >= 4 is 21.2 Å². The fraction of sp³-hybridized carbons (Fsp3) is 0.364. The fourth-order valence-electron chi connectivity index (χ4n) is 1.37. The second-order valence-corrected chi connectivity index (χ2v) is 7.22. The highest BCUT2D eigenvalue weighted by Crippen LogP contribution is 2.20. The maximum Gasteiger partial charge on any atom is 0.247 e. The molecule has 2 aromatic rings. The van der Waals surface area contributed by atoms with Gasteiger partial charge in [-0.15, -0.1) is 11.3 Å².